The van der Waals surface area contributed by atoms with Gasteiger partial charge < -0.3 is 19.8 Å². The molecule has 0 aliphatic rings. The summed E-state index contributed by atoms with van der Waals surface area (Å²) in [7, 11) is 3.24. The summed E-state index contributed by atoms with van der Waals surface area (Å²) in [6.45, 7) is 0.233. The van der Waals surface area contributed by atoms with Crippen LogP contribution in [0.25, 0.3) is 11.1 Å². The predicted molar refractivity (Wildman–Crippen MR) is 120 cm³/mol. The van der Waals surface area contributed by atoms with Crippen LogP contribution in [0.4, 0.5) is 14.7 Å². The summed E-state index contributed by atoms with van der Waals surface area (Å²) >= 11 is 0. The molecule has 0 bridgehead atoms. The molecule has 0 aliphatic heterocycles. The van der Waals surface area contributed by atoms with E-state index in [0.717, 1.165) is 28.5 Å². The molecule has 2 N–H and O–H groups in total. The molecule has 0 saturated heterocycles. The van der Waals surface area contributed by atoms with Gasteiger partial charge in [0.15, 0.2) is 0 Å². The standard InChI is InChI=1S/C25H23F2N3O2/c1-31-23-10-19(11-24(13-23)32-2)18-5-3-4-16(6-18)9-22-15-30(25(28)29-22)14-17-7-20(26)12-21(27)8-17/h3-8,10-13,15H,9,14H2,1-2H3,(H2,28,29). The van der Waals surface area contributed by atoms with Crippen molar-refractivity contribution in [3.63, 3.8) is 0 Å². The average Bonchev–Trinajstić information content (AvgIpc) is 3.11. The number of methoxy groups -OCH3 is 2. The monoisotopic (exact) mass is 435 g/mol. The van der Waals surface area contributed by atoms with E-state index in [1.54, 1.807) is 25.0 Å². The third-order valence-electron chi connectivity index (χ3n) is 5.13. The number of ether oxygens (including phenoxy) is 2. The van der Waals surface area contributed by atoms with Crippen LogP contribution in [-0.4, -0.2) is 23.8 Å². The minimum absolute atomic E-state index is 0.233. The number of halogens is 2. The molecule has 0 fully saturated rings. The van der Waals surface area contributed by atoms with Crippen molar-refractivity contribution in [2.45, 2.75) is 13.0 Å². The van der Waals surface area contributed by atoms with Crippen molar-refractivity contribution in [3.8, 4) is 22.6 Å². The van der Waals surface area contributed by atoms with Gasteiger partial charge in [-0.2, -0.15) is 0 Å². The van der Waals surface area contributed by atoms with Crippen molar-refractivity contribution in [2.75, 3.05) is 20.0 Å². The van der Waals surface area contributed by atoms with Gasteiger partial charge in [0.1, 0.15) is 23.1 Å². The SMILES string of the molecule is COc1cc(OC)cc(-c2cccc(Cc3cn(Cc4cc(F)cc(F)c4)c(N)n3)c2)c1. The van der Waals surface area contributed by atoms with E-state index in [0.29, 0.717) is 29.4 Å². The zero-order valence-electron chi connectivity index (χ0n) is 17.8. The molecule has 4 aromatic rings. The van der Waals surface area contributed by atoms with Crippen LogP contribution in [0.1, 0.15) is 16.8 Å². The maximum Gasteiger partial charge on any atom is 0.200 e. The van der Waals surface area contributed by atoms with Crippen LogP contribution in [-0.2, 0) is 13.0 Å². The van der Waals surface area contributed by atoms with Crippen LogP contribution in [0.3, 0.4) is 0 Å². The molecule has 5 nitrogen and oxygen atoms in total. The van der Waals surface area contributed by atoms with Crippen molar-refractivity contribution in [1.82, 2.24) is 9.55 Å². The smallest absolute Gasteiger partial charge is 0.200 e. The molecular formula is C25H23F2N3O2. The number of rotatable bonds is 7. The lowest BCUT2D eigenvalue weighted by atomic mass is 10.0. The van der Waals surface area contributed by atoms with Gasteiger partial charge in [-0.15, -0.1) is 0 Å². The van der Waals surface area contributed by atoms with Crippen molar-refractivity contribution in [2.24, 2.45) is 0 Å². The number of hydrogen-bond donors (Lipinski definition) is 1. The minimum atomic E-state index is -0.620. The zero-order chi connectivity index (χ0) is 22.7. The maximum atomic E-state index is 13.5. The lowest BCUT2D eigenvalue weighted by Crippen LogP contribution is -2.04. The van der Waals surface area contributed by atoms with Gasteiger partial charge >= 0.3 is 0 Å². The number of hydrogen-bond acceptors (Lipinski definition) is 4. The summed E-state index contributed by atoms with van der Waals surface area (Å²) in [4.78, 5) is 4.42. The fourth-order valence-electron chi connectivity index (χ4n) is 3.64. The summed E-state index contributed by atoms with van der Waals surface area (Å²) in [5.74, 6) is 0.475. The molecule has 32 heavy (non-hydrogen) atoms. The molecule has 0 unspecified atom stereocenters. The van der Waals surface area contributed by atoms with Crippen molar-refractivity contribution in [3.05, 3.63) is 95.3 Å². The number of nitrogen functional groups attached to an aromatic ring is 1. The molecule has 1 aromatic heterocycles. The molecular weight excluding hydrogens is 412 g/mol. The lowest BCUT2D eigenvalue weighted by molar-refractivity contribution is 0.394. The lowest BCUT2D eigenvalue weighted by Gasteiger charge is -2.10. The number of nitrogens with zero attached hydrogens (tertiary/aromatic N) is 2. The predicted octanol–water partition coefficient (Wildman–Crippen LogP) is 5.07. The summed E-state index contributed by atoms with van der Waals surface area (Å²) in [5, 5.41) is 0. The summed E-state index contributed by atoms with van der Waals surface area (Å²) in [5.41, 5.74) is 10.3. The van der Waals surface area contributed by atoms with Crippen molar-refractivity contribution >= 4 is 5.95 Å². The van der Waals surface area contributed by atoms with E-state index in [1.165, 1.54) is 12.1 Å². The minimum Gasteiger partial charge on any atom is -0.497 e. The molecule has 0 saturated carbocycles. The van der Waals surface area contributed by atoms with Crippen molar-refractivity contribution in [1.29, 1.82) is 0 Å². The Balaban J connectivity index is 1.56. The van der Waals surface area contributed by atoms with Crippen LogP contribution in [0.15, 0.2) is 66.9 Å². The topological polar surface area (TPSA) is 62.3 Å². The van der Waals surface area contributed by atoms with Gasteiger partial charge in [0.2, 0.25) is 5.95 Å². The molecule has 0 atom stereocenters. The number of imidazole rings is 1. The Hall–Kier alpha value is -3.87. The number of anilines is 1. The second-order valence-electron chi connectivity index (χ2n) is 7.47. The first-order chi connectivity index (χ1) is 15.4. The van der Waals surface area contributed by atoms with E-state index < -0.39 is 11.6 Å². The third-order valence-corrected chi connectivity index (χ3v) is 5.13. The first-order valence-corrected chi connectivity index (χ1v) is 10.0. The van der Waals surface area contributed by atoms with Crippen LogP contribution in [0.5, 0.6) is 11.5 Å². The molecule has 3 aromatic carbocycles. The van der Waals surface area contributed by atoms with E-state index in [2.05, 4.69) is 11.1 Å². The normalized spacial score (nSPS) is 10.9. The number of aromatic nitrogens is 2. The largest absolute Gasteiger partial charge is 0.497 e. The van der Waals surface area contributed by atoms with Crippen LogP contribution < -0.4 is 15.2 Å². The average molecular weight is 435 g/mol. The Morgan fingerprint density at radius 2 is 1.53 bits per heavy atom. The van der Waals surface area contributed by atoms with Gasteiger partial charge in [-0.1, -0.05) is 24.3 Å². The highest BCUT2D eigenvalue weighted by Crippen LogP contribution is 2.30. The Kier molecular flexibility index (Phi) is 6.07. The molecule has 164 valence electrons. The highest BCUT2D eigenvalue weighted by molar-refractivity contribution is 5.68. The van der Waals surface area contributed by atoms with Crippen LogP contribution >= 0.6 is 0 Å². The Morgan fingerprint density at radius 1 is 0.844 bits per heavy atom. The molecule has 7 heteroatoms. The molecule has 0 radical (unpaired) electrons. The molecule has 0 spiro atoms. The van der Waals surface area contributed by atoms with Gasteiger partial charge in [0.25, 0.3) is 0 Å². The second-order valence-corrected chi connectivity index (χ2v) is 7.47. The van der Waals surface area contributed by atoms with Crippen LogP contribution in [0.2, 0.25) is 0 Å². The highest BCUT2D eigenvalue weighted by Gasteiger charge is 2.10. The summed E-state index contributed by atoms with van der Waals surface area (Å²) in [6, 6.07) is 17.2. The molecule has 0 aliphatic carbocycles. The number of nitrogens with two attached hydrogens (primary N) is 1. The third kappa shape index (κ3) is 4.88. The van der Waals surface area contributed by atoms with E-state index in [-0.39, 0.29) is 6.54 Å². The Bertz CT molecular complexity index is 1210. The first-order valence-electron chi connectivity index (χ1n) is 10.0. The van der Waals surface area contributed by atoms with Gasteiger partial charge in [-0.05, 0) is 46.5 Å². The van der Waals surface area contributed by atoms with Crippen LogP contribution in [0, 0.1) is 11.6 Å². The zero-order valence-corrected chi connectivity index (χ0v) is 17.8. The first kappa shape index (κ1) is 21.4. The van der Waals surface area contributed by atoms with Gasteiger partial charge in [0, 0.05) is 24.8 Å². The molecule has 4 rings (SSSR count). The van der Waals surface area contributed by atoms with E-state index in [1.807, 2.05) is 36.4 Å². The van der Waals surface area contributed by atoms with Gasteiger partial charge in [-0.25, -0.2) is 13.8 Å². The second kappa shape index (κ2) is 9.09. The van der Waals surface area contributed by atoms with Gasteiger partial charge in [-0.3, -0.25) is 0 Å². The van der Waals surface area contributed by atoms with Crippen molar-refractivity contribution < 1.29 is 18.3 Å². The Morgan fingerprint density at radius 3 is 2.19 bits per heavy atom. The summed E-state index contributed by atoms with van der Waals surface area (Å²) < 4.78 is 39.4. The maximum absolute atomic E-state index is 13.5. The highest BCUT2D eigenvalue weighted by atomic mass is 19.1. The van der Waals surface area contributed by atoms with E-state index in [9.17, 15) is 8.78 Å². The number of benzene rings is 3. The Labute approximate surface area is 185 Å². The quantitative estimate of drug-likeness (QED) is 0.440. The molecule has 0 amide bonds. The van der Waals surface area contributed by atoms with E-state index >= 15 is 0 Å². The van der Waals surface area contributed by atoms with Gasteiger partial charge in [0.05, 0.1) is 26.5 Å². The molecule has 1 heterocycles. The summed E-state index contributed by atoms with van der Waals surface area (Å²) in [6.07, 6.45) is 2.36. The fraction of sp³-hybridized carbons (Fsp3) is 0.160. The van der Waals surface area contributed by atoms with E-state index in [4.69, 9.17) is 15.2 Å². The fourth-order valence-corrected chi connectivity index (χ4v) is 3.64.